The first-order chi connectivity index (χ1) is 7.69. The van der Waals surface area contributed by atoms with Crippen LogP contribution in [0, 0.1) is 23.0 Å². The molecule has 0 aromatic heterocycles. The monoisotopic (exact) mass is 227 g/mol. The fraction of sp³-hybridized carbons (Fsp3) is 0.364. The summed E-state index contributed by atoms with van der Waals surface area (Å²) in [6.07, 6.45) is -0.715. The average molecular weight is 227 g/mol. The van der Waals surface area contributed by atoms with E-state index in [0.717, 1.165) is 6.07 Å². The number of hydrogen-bond donors (Lipinski definition) is 1. The number of nitrogens with zero attached hydrogens (tertiary/aromatic N) is 1. The van der Waals surface area contributed by atoms with Crippen molar-refractivity contribution >= 4 is 0 Å². The molecule has 1 atom stereocenters. The molecule has 16 heavy (non-hydrogen) atoms. The maximum absolute atomic E-state index is 13.3. The number of rotatable bonds is 5. The van der Waals surface area contributed by atoms with Crippen molar-refractivity contribution in [2.45, 2.75) is 12.5 Å². The molecule has 0 bridgehead atoms. The molecule has 1 N–H and O–H groups in total. The van der Waals surface area contributed by atoms with E-state index in [1.807, 2.05) is 0 Å². The number of ether oxygens (including phenoxy) is 1. The highest BCUT2D eigenvalue weighted by molar-refractivity contribution is 5.24. The van der Waals surface area contributed by atoms with Crippen LogP contribution in [-0.4, -0.2) is 18.3 Å². The summed E-state index contributed by atoms with van der Waals surface area (Å²) in [5, 5.41) is 17.3. The molecule has 1 aromatic rings. The first-order valence-electron chi connectivity index (χ1n) is 4.76. The van der Waals surface area contributed by atoms with Crippen LogP contribution in [0.2, 0.25) is 0 Å². The molecule has 0 amide bonds. The van der Waals surface area contributed by atoms with E-state index in [2.05, 4.69) is 0 Å². The minimum absolute atomic E-state index is 0.00170. The third-order valence-electron chi connectivity index (χ3n) is 1.95. The quantitative estimate of drug-likeness (QED) is 0.782. The molecular formula is C11H11F2NO2. The molecule has 0 saturated carbocycles. The van der Waals surface area contributed by atoms with E-state index in [9.17, 15) is 8.78 Å². The SMILES string of the molecule is N#CC(OCCCO)c1ccc(F)cc1F. The molecule has 1 unspecified atom stereocenters. The Balaban J connectivity index is 2.76. The van der Waals surface area contributed by atoms with Gasteiger partial charge in [0.05, 0.1) is 12.7 Å². The number of benzene rings is 1. The zero-order valence-electron chi connectivity index (χ0n) is 8.49. The van der Waals surface area contributed by atoms with Gasteiger partial charge in [-0.05, 0) is 18.6 Å². The van der Waals surface area contributed by atoms with Gasteiger partial charge in [-0.1, -0.05) is 0 Å². The van der Waals surface area contributed by atoms with Crippen molar-refractivity contribution in [3.63, 3.8) is 0 Å². The normalized spacial score (nSPS) is 12.1. The maximum atomic E-state index is 13.3. The number of hydrogen-bond acceptors (Lipinski definition) is 3. The fourth-order valence-electron chi connectivity index (χ4n) is 1.18. The van der Waals surface area contributed by atoms with Gasteiger partial charge in [0.1, 0.15) is 11.6 Å². The summed E-state index contributed by atoms with van der Waals surface area (Å²) in [6, 6.07) is 4.72. The topological polar surface area (TPSA) is 53.2 Å². The summed E-state index contributed by atoms with van der Waals surface area (Å²) in [7, 11) is 0. The highest BCUT2D eigenvalue weighted by Gasteiger charge is 2.15. The van der Waals surface area contributed by atoms with Crippen molar-refractivity contribution < 1.29 is 18.6 Å². The van der Waals surface area contributed by atoms with Crippen LogP contribution in [-0.2, 0) is 4.74 Å². The molecule has 5 heteroatoms. The Morgan fingerprint density at radius 1 is 1.44 bits per heavy atom. The van der Waals surface area contributed by atoms with Crippen molar-refractivity contribution in [3.8, 4) is 6.07 Å². The average Bonchev–Trinajstić information content (AvgIpc) is 2.26. The Labute approximate surface area is 91.9 Å². The Hall–Kier alpha value is -1.51. The van der Waals surface area contributed by atoms with Crippen LogP contribution in [0.25, 0.3) is 0 Å². The second kappa shape index (κ2) is 6.16. The van der Waals surface area contributed by atoms with Gasteiger partial charge < -0.3 is 9.84 Å². The van der Waals surface area contributed by atoms with Crippen molar-refractivity contribution in [2.75, 3.05) is 13.2 Å². The number of nitriles is 1. The molecule has 0 heterocycles. The van der Waals surface area contributed by atoms with E-state index < -0.39 is 17.7 Å². The first kappa shape index (κ1) is 12.6. The van der Waals surface area contributed by atoms with Crippen molar-refractivity contribution in [2.24, 2.45) is 0 Å². The summed E-state index contributed by atoms with van der Waals surface area (Å²) in [5.41, 5.74) is 0.00170. The van der Waals surface area contributed by atoms with Gasteiger partial charge in [0.25, 0.3) is 0 Å². The Bertz CT molecular complexity index is 390. The second-order valence-corrected chi connectivity index (χ2v) is 3.12. The van der Waals surface area contributed by atoms with Crippen LogP contribution in [0.4, 0.5) is 8.78 Å². The Morgan fingerprint density at radius 2 is 2.19 bits per heavy atom. The summed E-state index contributed by atoms with van der Waals surface area (Å²) >= 11 is 0. The molecule has 1 rings (SSSR count). The molecular weight excluding hydrogens is 216 g/mol. The largest absolute Gasteiger partial charge is 0.396 e. The first-order valence-corrected chi connectivity index (χ1v) is 4.76. The minimum atomic E-state index is -1.08. The smallest absolute Gasteiger partial charge is 0.171 e. The Morgan fingerprint density at radius 3 is 2.75 bits per heavy atom. The molecule has 0 spiro atoms. The fourth-order valence-corrected chi connectivity index (χ4v) is 1.18. The summed E-state index contributed by atoms with van der Waals surface area (Å²) in [5.74, 6) is -1.51. The third kappa shape index (κ3) is 3.26. The molecule has 0 fully saturated rings. The van der Waals surface area contributed by atoms with Crippen molar-refractivity contribution in [3.05, 3.63) is 35.4 Å². The van der Waals surface area contributed by atoms with Crippen LogP contribution < -0.4 is 0 Å². The molecule has 0 aliphatic rings. The van der Waals surface area contributed by atoms with E-state index >= 15 is 0 Å². The number of aliphatic hydroxyl groups is 1. The van der Waals surface area contributed by atoms with Crippen molar-refractivity contribution in [1.82, 2.24) is 0 Å². The summed E-state index contributed by atoms with van der Waals surface area (Å²) in [4.78, 5) is 0. The predicted molar refractivity (Wildman–Crippen MR) is 52.4 cm³/mol. The zero-order chi connectivity index (χ0) is 12.0. The standard InChI is InChI=1S/C11H11F2NO2/c12-8-2-3-9(10(13)6-8)11(7-14)16-5-1-4-15/h2-3,6,11,15H,1,4-5H2. The predicted octanol–water partition coefficient (Wildman–Crippen LogP) is 1.93. The lowest BCUT2D eigenvalue weighted by Gasteiger charge is -2.11. The van der Waals surface area contributed by atoms with E-state index in [-0.39, 0.29) is 18.8 Å². The van der Waals surface area contributed by atoms with Gasteiger partial charge in [-0.15, -0.1) is 0 Å². The minimum Gasteiger partial charge on any atom is -0.396 e. The van der Waals surface area contributed by atoms with Gasteiger partial charge in [-0.25, -0.2) is 8.78 Å². The molecule has 0 aliphatic carbocycles. The van der Waals surface area contributed by atoms with Gasteiger partial charge in [0.2, 0.25) is 0 Å². The highest BCUT2D eigenvalue weighted by Crippen LogP contribution is 2.20. The van der Waals surface area contributed by atoms with Gasteiger partial charge in [-0.2, -0.15) is 5.26 Å². The van der Waals surface area contributed by atoms with Gasteiger partial charge >= 0.3 is 0 Å². The van der Waals surface area contributed by atoms with Gasteiger partial charge in [0, 0.05) is 18.2 Å². The summed E-state index contributed by atoms with van der Waals surface area (Å²) < 4.78 is 31.0. The second-order valence-electron chi connectivity index (χ2n) is 3.12. The van der Waals surface area contributed by atoms with Crippen LogP contribution in [0.15, 0.2) is 18.2 Å². The molecule has 86 valence electrons. The lowest BCUT2D eigenvalue weighted by Crippen LogP contribution is -2.07. The van der Waals surface area contributed by atoms with Crippen LogP contribution in [0.5, 0.6) is 0 Å². The van der Waals surface area contributed by atoms with E-state index in [1.54, 1.807) is 6.07 Å². The van der Waals surface area contributed by atoms with Crippen LogP contribution in [0.3, 0.4) is 0 Å². The maximum Gasteiger partial charge on any atom is 0.171 e. The lowest BCUT2D eigenvalue weighted by molar-refractivity contribution is 0.0752. The van der Waals surface area contributed by atoms with Gasteiger partial charge in [0.15, 0.2) is 6.10 Å². The molecule has 3 nitrogen and oxygen atoms in total. The lowest BCUT2D eigenvalue weighted by atomic mass is 10.1. The van der Waals surface area contributed by atoms with E-state index in [1.165, 1.54) is 6.07 Å². The van der Waals surface area contributed by atoms with E-state index in [0.29, 0.717) is 12.5 Å². The van der Waals surface area contributed by atoms with Crippen molar-refractivity contribution in [1.29, 1.82) is 5.26 Å². The molecule has 1 aromatic carbocycles. The number of aliphatic hydroxyl groups excluding tert-OH is 1. The summed E-state index contributed by atoms with van der Waals surface area (Å²) in [6.45, 7) is 0.0790. The van der Waals surface area contributed by atoms with E-state index in [4.69, 9.17) is 15.1 Å². The van der Waals surface area contributed by atoms with Crippen LogP contribution in [0.1, 0.15) is 18.1 Å². The third-order valence-corrected chi connectivity index (χ3v) is 1.95. The number of halogens is 2. The molecule has 0 aliphatic heterocycles. The zero-order valence-corrected chi connectivity index (χ0v) is 8.49. The molecule has 0 radical (unpaired) electrons. The molecule has 0 saturated heterocycles. The highest BCUT2D eigenvalue weighted by atomic mass is 19.1. The Kier molecular flexibility index (Phi) is 4.83. The van der Waals surface area contributed by atoms with Gasteiger partial charge in [-0.3, -0.25) is 0 Å². The van der Waals surface area contributed by atoms with Crippen LogP contribution >= 0.6 is 0 Å².